The summed E-state index contributed by atoms with van der Waals surface area (Å²) in [4.78, 5) is 11.8. The molecule has 1 aromatic heterocycles. The van der Waals surface area contributed by atoms with E-state index >= 15 is 0 Å². The molecule has 27 heavy (non-hydrogen) atoms. The van der Waals surface area contributed by atoms with Crippen LogP contribution < -0.4 is 4.74 Å². The number of ether oxygens (including phenoxy) is 2. The number of rotatable bonds is 6. The molecular weight excluding hydrogens is 386 g/mol. The van der Waals surface area contributed by atoms with Gasteiger partial charge in [0.25, 0.3) is 0 Å². The van der Waals surface area contributed by atoms with Crippen molar-refractivity contribution in [2.24, 2.45) is 0 Å². The minimum atomic E-state index is -0.435. The molecule has 140 valence electrons. The molecule has 0 saturated carbocycles. The maximum absolute atomic E-state index is 11.8. The van der Waals surface area contributed by atoms with E-state index in [9.17, 15) is 4.79 Å². The Kier molecular flexibility index (Phi) is 6.03. The number of halogens is 1. The van der Waals surface area contributed by atoms with Crippen LogP contribution in [0.15, 0.2) is 53.7 Å². The van der Waals surface area contributed by atoms with Gasteiger partial charge in [-0.2, -0.15) is 0 Å². The smallest absolute Gasteiger partial charge is 0.318 e. The Morgan fingerprint density at radius 2 is 1.89 bits per heavy atom. The normalized spacial score (nSPS) is 11.9. The fourth-order valence-corrected chi connectivity index (χ4v) is 3.67. The molecule has 1 unspecified atom stereocenters. The van der Waals surface area contributed by atoms with Crippen molar-refractivity contribution in [1.29, 1.82) is 0 Å². The monoisotopic (exact) mass is 403 g/mol. The summed E-state index contributed by atoms with van der Waals surface area (Å²) < 4.78 is 11.9. The first-order valence-corrected chi connectivity index (χ1v) is 9.40. The Morgan fingerprint density at radius 3 is 2.52 bits per heavy atom. The number of methoxy groups -OCH3 is 2. The van der Waals surface area contributed by atoms with Crippen molar-refractivity contribution < 1.29 is 14.3 Å². The summed E-state index contributed by atoms with van der Waals surface area (Å²) in [5.41, 5.74) is 1.67. The van der Waals surface area contributed by atoms with Gasteiger partial charge in [0.05, 0.1) is 24.9 Å². The number of nitrogens with zero attached hydrogens (tertiary/aromatic N) is 3. The molecular formula is C19H18ClN3O3S. The van der Waals surface area contributed by atoms with Gasteiger partial charge in [0.1, 0.15) is 11.0 Å². The van der Waals surface area contributed by atoms with E-state index < -0.39 is 5.25 Å². The van der Waals surface area contributed by atoms with E-state index in [1.165, 1.54) is 18.9 Å². The number of hydrogen-bond acceptors (Lipinski definition) is 6. The third kappa shape index (κ3) is 4.09. The highest BCUT2D eigenvalue weighted by molar-refractivity contribution is 8.00. The van der Waals surface area contributed by atoms with Crippen LogP contribution in [0.1, 0.15) is 6.92 Å². The van der Waals surface area contributed by atoms with Crippen molar-refractivity contribution in [3.63, 3.8) is 0 Å². The molecule has 0 spiro atoms. The van der Waals surface area contributed by atoms with Crippen LogP contribution in [-0.4, -0.2) is 40.2 Å². The minimum Gasteiger partial charge on any atom is -0.495 e. The second-order valence-electron chi connectivity index (χ2n) is 5.61. The lowest BCUT2D eigenvalue weighted by molar-refractivity contribution is -0.139. The molecule has 0 aliphatic rings. The van der Waals surface area contributed by atoms with Gasteiger partial charge in [0.2, 0.25) is 0 Å². The lowest BCUT2D eigenvalue weighted by Gasteiger charge is -2.13. The minimum absolute atomic E-state index is 0.330. The summed E-state index contributed by atoms with van der Waals surface area (Å²) in [6.07, 6.45) is 0. The van der Waals surface area contributed by atoms with Crippen LogP contribution >= 0.6 is 23.4 Å². The van der Waals surface area contributed by atoms with Crippen LogP contribution in [0.4, 0.5) is 0 Å². The van der Waals surface area contributed by atoms with E-state index in [1.807, 2.05) is 41.0 Å². The number of esters is 1. The second-order valence-corrected chi connectivity index (χ2v) is 7.32. The molecule has 6 nitrogen and oxygen atoms in total. The van der Waals surface area contributed by atoms with E-state index in [-0.39, 0.29) is 5.97 Å². The third-order valence-corrected chi connectivity index (χ3v) is 5.19. The van der Waals surface area contributed by atoms with Crippen molar-refractivity contribution in [2.75, 3.05) is 14.2 Å². The molecule has 0 fully saturated rings. The fourth-order valence-electron chi connectivity index (χ4n) is 2.52. The zero-order valence-corrected chi connectivity index (χ0v) is 16.6. The standard InChI is InChI=1S/C19H18ClN3O3S/c1-12(18(24)26-3)27-19-22-21-17(13-7-5-4-6-8-13)23(19)14-9-10-16(25-2)15(20)11-14/h4-12H,1-3H3. The molecule has 3 rings (SSSR count). The highest BCUT2D eigenvalue weighted by Gasteiger charge is 2.22. The second kappa shape index (κ2) is 8.45. The maximum Gasteiger partial charge on any atom is 0.318 e. The number of hydrogen-bond donors (Lipinski definition) is 0. The van der Waals surface area contributed by atoms with Gasteiger partial charge in [-0.3, -0.25) is 9.36 Å². The molecule has 1 heterocycles. The molecule has 0 saturated heterocycles. The Morgan fingerprint density at radius 1 is 1.15 bits per heavy atom. The van der Waals surface area contributed by atoms with Crippen molar-refractivity contribution in [3.8, 4) is 22.8 Å². The highest BCUT2D eigenvalue weighted by atomic mass is 35.5. The van der Waals surface area contributed by atoms with E-state index in [1.54, 1.807) is 26.2 Å². The molecule has 0 radical (unpaired) electrons. The predicted molar refractivity (Wildman–Crippen MR) is 106 cm³/mol. The van der Waals surface area contributed by atoms with Crippen LogP contribution in [-0.2, 0) is 9.53 Å². The first-order chi connectivity index (χ1) is 13.0. The zero-order valence-electron chi connectivity index (χ0n) is 15.0. The van der Waals surface area contributed by atoms with Crippen molar-refractivity contribution in [3.05, 3.63) is 53.6 Å². The SMILES string of the molecule is COC(=O)C(C)Sc1nnc(-c2ccccc2)n1-c1ccc(OC)c(Cl)c1. The lowest BCUT2D eigenvalue weighted by atomic mass is 10.2. The van der Waals surface area contributed by atoms with Gasteiger partial charge in [-0.05, 0) is 25.1 Å². The van der Waals surface area contributed by atoms with Crippen molar-refractivity contribution >= 4 is 29.3 Å². The largest absolute Gasteiger partial charge is 0.495 e. The Balaban J connectivity index is 2.11. The number of thioether (sulfide) groups is 1. The summed E-state index contributed by atoms with van der Waals surface area (Å²) in [7, 11) is 2.93. The highest BCUT2D eigenvalue weighted by Crippen LogP contribution is 2.33. The Bertz CT molecular complexity index is 947. The molecule has 0 aliphatic carbocycles. The average Bonchev–Trinajstić information content (AvgIpc) is 3.11. The van der Waals surface area contributed by atoms with Crippen molar-refractivity contribution in [2.45, 2.75) is 17.3 Å². The summed E-state index contributed by atoms with van der Waals surface area (Å²) >= 11 is 7.59. The molecule has 1 atom stereocenters. The average molecular weight is 404 g/mol. The van der Waals surface area contributed by atoms with Crippen LogP contribution in [0.25, 0.3) is 17.1 Å². The van der Waals surface area contributed by atoms with E-state index in [2.05, 4.69) is 10.2 Å². The number of aromatic nitrogens is 3. The Labute approximate surface area is 166 Å². The third-order valence-electron chi connectivity index (χ3n) is 3.87. The van der Waals surface area contributed by atoms with E-state index in [4.69, 9.17) is 21.1 Å². The van der Waals surface area contributed by atoms with Gasteiger partial charge in [-0.15, -0.1) is 10.2 Å². The zero-order chi connectivity index (χ0) is 19.4. The molecule has 0 aliphatic heterocycles. The lowest BCUT2D eigenvalue weighted by Crippen LogP contribution is -2.15. The first kappa shape index (κ1) is 19.3. The molecule has 3 aromatic rings. The van der Waals surface area contributed by atoms with Crippen LogP contribution in [0.5, 0.6) is 5.75 Å². The summed E-state index contributed by atoms with van der Waals surface area (Å²) in [6.45, 7) is 1.76. The summed E-state index contributed by atoms with van der Waals surface area (Å²) in [6, 6.07) is 15.1. The molecule has 2 aromatic carbocycles. The van der Waals surface area contributed by atoms with Gasteiger partial charge in [0, 0.05) is 5.56 Å². The molecule has 0 amide bonds. The topological polar surface area (TPSA) is 66.2 Å². The van der Waals surface area contributed by atoms with Gasteiger partial charge in [-0.25, -0.2) is 0 Å². The number of benzene rings is 2. The van der Waals surface area contributed by atoms with Crippen LogP contribution in [0, 0.1) is 0 Å². The predicted octanol–water partition coefficient (Wildman–Crippen LogP) is 4.25. The quantitative estimate of drug-likeness (QED) is 0.452. The number of carbonyl (C=O) groups excluding carboxylic acids is 1. The van der Waals surface area contributed by atoms with Gasteiger partial charge in [-0.1, -0.05) is 53.7 Å². The summed E-state index contributed by atoms with van der Waals surface area (Å²) in [5, 5.41) is 9.23. The van der Waals surface area contributed by atoms with Gasteiger partial charge >= 0.3 is 5.97 Å². The first-order valence-electron chi connectivity index (χ1n) is 8.14. The molecule has 0 N–H and O–H groups in total. The Hall–Kier alpha value is -2.51. The van der Waals surface area contributed by atoms with Crippen molar-refractivity contribution in [1.82, 2.24) is 14.8 Å². The summed E-state index contributed by atoms with van der Waals surface area (Å²) in [5.74, 6) is 0.895. The van der Waals surface area contributed by atoms with Crippen LogP contribution in [0.3, 0.4) is 0 Å². The van der Waals surface area contributed by atoms with Crippen LogP contribution in [0.2, 0.25) is 5.02 Å². The van der Waals surface area contributed by atoms with E-state index in [0.717, 1.165) is 11.3 Å². The molecule has 8 heteroatoms. The fraction of sp³-hybridized carbons (Fsp3) is 0.211. The maximum atomic E-state index is 11.8. The van der Waals surface area contributed by atoms with E-state index in [0.29, 0.717) is 21.8 Å². The molecule has 0 bridgehead atoms. The van der Waals surface area contributed by atoms with Gasteiger partial charge < -0.3 is 9.47 Å². The van der Waals surface area contributed by atoms with Gasteiger partial charge in [0.15, 0.2) is 11.0 Å². The number of carbonyl (C=O) groups is 1.